The summed E-state index contributed by atoms with van der Waals surface area (Å²) in [5.74, 6) is 1.91. The summed E-state index contributed by atoms with van der Waals surface area (Å²) in [4.78, 5) is 2.37. The molecule has 4 aromatic rings. The van der Waals surface area contributed by atoms with Gasteiger partial charge in [0.2, 0.25) is 0 Å². The Morgan fingerprint density at radius 1 is 0.679 bits per heavy atom. The van der Waals surface area contributed by atoms with Gasteiger partial charge in [-0.3, -0.25) is 0 Å². The Morgan fingerprint density at radius 2 is 1.39 bits per heavy atom. The molecule has 0 bridgehead atoms. The van der Waals surface area contributed by atoms with Crippen molar-refractivity contribution in [2.75, 3.05) is 4.90 Å². The highest BCUT2D eigenvalue weighted by Crippen LogP contribution is 2.40. The summed E-state index contributed by atoms with van der Waals surface area (Å²) in [6.07, 6.45) is 0. The second-order valence-electron chi connectivity index (χ2n) is 7.50. The number of fused-ring (bicyclic) bond motifs is 4. The Balaban J connectivity index is 1.69. The van der Waals surface area contributed by atoms with E-state index >= 15 is 0 Å². The highest BCUT2D eigenvalue weighted by molar-refractivity contribution is 6.99. The van der Waals surface area contributed by atoms with Crippen molar-refractivity contribution in [3.8, 4) is 11.5 Å². The second-order valence-corrected chi connectivity index (χ2v) is 7.50. The molecule has 0 saturated heterocycles. The number of aryl methyl sites for hydroxylation is 1. The van der Waals surface area contributed by atoms with Crippen LogP contribution in [-0.2, 0) is 0 Å². The molecule has 2 heterocycles. The van der Waals surface area contributed by atoms with Crippen LogP contribution in [0.5, 0.6) is 11.5 Å². The van der Waals surface area contributed by atoms with Gasteiger partial charge in [-0.25, -0.2) is 0 Å². The zero-order chi connectivity index (χ0) is 18.7. The molecule has 0 amide bonds. The Morgan fingerprint density at radius 3 is 2.29 bits per heavy atom. The average molecular weight is 359 g/mol. The first-order valence-electron chi connectivity index (χ1n) is 9.67. The molecule has 6 rings (SSSR count). The fraction of sp³-hybridized carbons (Fsp3) is 0.0400. The van der Waals surface area contributed by atoms with Crippen LogP contribution in [0.2, 0.25) is 0 Å². The first-order valence-corrected chi connectivity index (χ1v) is 9.67. The normalized spacial score (nSPS) is 13.3. The van der Waals surface area contributed by atoms with Crippen LogP contribution in [0.15, 0.2) is 91.0 Å². The van der Waals surface area contributed by atoms with Gasteiger partial charge in [-0.1, -0.05) is 54.6 Å². The third-order valence-corrected chi connectivity index (χ3v) is 5.77. The van der Waals surface area contributed by atoms with E-state index in [-0.39, 0.29) is 6.71 Å². The van der Waals surface area contributed by atoms with E-state index in [9.17, 15) is 0 Å². The van der Waals surface area contributed by atoms with Crippen molar-refractivity contribution in [2.24, 2.45) is 0 Å². The smallest absolute Gasteiger partial charge is 0.256 e. The monoisotopic (exact) mass is 359 g/mol. The van der Waals surface area contributed by atoms with E-state index in [0.29, 0.717) is 0 Å². The summed E-state index contributed by atoms with van der Waals surface area (Å²) in [5, 5.41) is 0. The largest absolute Gasteiger partial charge is 0.458 e. The number of hydrogen-bond donors (Lipinski definition) is 0. The number of hydrogen-bond acceptors (Lipinski definition) is 2. The molecule has 132 valence electrons. The first-order chi connectivity index (χ1) is 13.8. The van der Waals surface area contributed by atoms with Gasteiger partial charge < -0.3 is 9.64 Å². The molecule has 3 heteroatoms. The molecule has 0 atom stereocenters. The molecular formula is C25H18BNO. The van der Waals surface area contributed by atoms with Crippen molar-refractivity contribution in [1.29, 1.82) is 0 Å². The van der Waals surface area contributed by atoms with Crippen LogP contribution in [-0.4, -0.2) is 6.71 Å². The number of rotatable bonds is 1. The summed E-state index contributed by atoms with van der Waals surface area (Å²) in [6, 6.07) is 32.2. The van der Waals surface area contributed by atoms with Crippen molar-refractivity contribution < 1.29 is 4.74 Å². The summed E-state index contributed by atoms with van der Waals surface area (Å²) in [6.45, 7) is 2.33. The minimum atomic E-state index is 0.188. The molecule has 0 radical (unpaired) electrons. The predicted octanol–water partition coefficient (Wildman–Crippen LogP) is 4.40. The summed E-state index contributed by atoms with van der Waals surface area (Å²) in [5.41, 5.74) is 8.67. The molecule has 0 fully saturated rings. The molecule has 0 unspecified atom stereocenters. The van der Waals surface area contributed by atoms with Crippen LogP contribution >= 0.6 is 0 Å². The van der Waals surface area contributed by atoms with Gasteiger partial charge in [-0.15, -0.1) is 0 Å². The quantitative estimate of drug-likeness (QED) is 0.404. The van der Waals surface area contributed by atoms with Gasteiger partial charge in [0.15, 0.2) is 0 Å². The second kappa shape index (κ2) is 5.77. The van der Waals surface area contributed by atoms with Gasteiger partial charge >= 0.3 is 0 Å². The SMILES string of the molecule is Cc1cccc(N2c3ccccc3B3c4ccccc4Oc4cccc2c43)c1. The first kappa shape index (κ1) is 15.6. The van der Waals surface area contributed by atoms with Crippen molar-refractivity contribution >= 4 is 40.2 Å². The van der Waals surface area contributed by atoms with E-state index in [1.165, 1.54) is 39.0 Å². The lowest BCUT2D eigenvalue weighted by atomic mass is 9.34. The van der Waals surface area contributed by atoms with E-state index in [1.54, 1.807) is 0 Å². The number of ether oxygens (including phenoxy) is 1. The Kier molecular flexibility index (Phi) is 3.21. The lowest BCUT2D eigenvalue weighted by Gasteiger charge is -2.39. The predicted molar refractivity (Wildman–Crippen MR) is 117 cm³/mol. The fourth-order valence-electron chi connectivity index (χ4n) is 4.63. The molecule has 2 aliphatic heterocycles. The van der Waals surface area contributed by atoms with Gasteiger partial charge in [0.25, 0.3) is 6.71 Å². The van der Waals surface area contributed by atoms with E-state index in [0.717, 1.165) is 11.5 Å². The van der Waals surface area contributed by atoms with Crippen LogP contribution in [0.1, 0.15) is 5.56 Å². The molecule has 4 aromatic carbocycles. The van der Waals surface area contributed by atoms with Crippen molar-refractivity contribution in [2.45, 2.75) is 6.92 Å². The summed E-state index contributed by atoms with van der Waals surface area (Å²) in [7, 11) is 0. The summed E-state index contributed by atoms with van der Waals surface area (Å²) < 4.78 is 6.32. The lowest BCUT2D eigenvalue weighted by Crippen LogP contribution is -2.59. The molecule has 0 aromatic heterocycles. The minimum absolute atomic E-state index is 0.188. The van der Waals surface area contributed by atoms with Crippen molar-refractivity contribution in [1.82, 2.24) is 0 Å². The third-order valence-electron chi connectivity index (χ3n) is 5.77. The molecule has 0 aliphatic carbocycles. The van der Waals surface area contributed by atoms with Gasteiger partial charge in [-0.2, -0.15) is 0 Å². The summed E-state index contributed by atoms with van der Waals surface area (Å²) >= 11 is 0. The fourth-order valence-corrected chi connectivity index (χ4v) is 4.63. The number of para-hydroxylation sites is 2. The molecule has 2 nitrogen and oxygen atoms in total. The van der Waals surface area contributed by atoms with E-state index < -0.39 is 0 Å². The highest BCUT2D eigenvalue weighted by Gasteiger charge is 2.41. The number of anilines is 3. The number of benzene rings is 4. The van der Waals surface area contributed by atoms with E-state index in [4.69, 9.17) is 4.74 Å². The average Bonchev–Trinajstić information content (AvgIpc) is 2.73. The number of nitrogens with zero attached hydrogens (tertiary/aromatic N) is 1. The zero-order valence-corrected chi connectivity index (χ0v) is 15.6. The topological polar surface area (TPSA) is 12.5 Å². The lowest BCUT2D eigenvalue weighted by molar-refractivity contribution is 0.487. The highest BCUT2D eigenvalue weighted by atomic mass is 16.5. The molecular weight excluding hydrogens is 341 g/mol. The van der Waals surface area contributed by atoms with E-state index in [2.05, 4.69) is 96.8 Å². The van der Waals surface area contributed by atoms with Crippen LogP contribution in [0, 0.1) is 6.92 Å². The van der Waals surface area contributed by atoms with Gasteiger partial charge in [0, 0.05) is 17.1 Å². The molecule has 0 N–H and O–H groups in total. The standard InChI is InChI=1S/C25H18BNO/c1-17-8-6-9-18(16-17)27-21-12-4-2-10-19(21)26-20-11-3-5-14-23(20)28-24-15-7-13-22(27)25(24)26/h2-16H,1H3. The van der Waals surface area contributed by atoms with E-state index in [1.807, 2.05) is 6.07 Å². The van der Waals surface area contributed by atoms with Crippen LogP contribution in [0.25, 0.3) is 0 Å². The van der Waals surface area contributed by atoms with Gasteiger partial charge in [0.05, 0.1) is 0 Å². The van der Waals surface area contributed by atoms with Gasteiger partial charge in [0.1, 0.15) is 11.5 Å². The molecule has 2 aliphatic rings. The Labute approximate surface area is 165 Å². The third kappa shape index (κ3) is 2.10. The van der Waals surface area contributed by atoms with Crippen LogP contribution in [0.3, 0.4) is 0 Å². The van der Waals surface area contributed by atoms with Crippen molar-refractivity contribution in [3.63, 3.8) is 0 Å². The minimum Gasteiger partial charge on any atom is -0.458 e. The molecule has 28 heavy (non-hydrogen) atoms. The maximum Gasteiger partial charge on any atom is 0.256 e. The molecule has 0 spiro atoms. The van der Waals surface area contributed by atoms with Gasteiger partial charge in [-0.05, 0) is 65.3 Å². The zero-order valence-electron chi connectivity index (χ0n) is 15.6. The van der Waals surface area contributed by atoms with Crippen LogP contribution < -0.4 is 26.0 Å². The molecule has 0 saturated carbocycles. The maximum atomic E-state index is 6.32. The van der Waals surface area contributed by atoms with Crippen LogP contribution in [0.4, 0.5) is 17.1 Å². The van der Waals surface area contributed by atoms with Crippen molar-refractivity contribution in [3.05, 3.63) is 96.6 Å². The maximum absolute atomic E-state index is 6.32. The Bertz CT molecular complexity index is 1230. The Hall–Kier alpha value is -3.46.